The standard InChI is InChI=1S/C19H26N2O3/c1-14(22)17-4-2-11-21(13-17)19(24)16-8-6-15(7-9-16)12-20-10-3-5-18(20)23/h6-9,14,17,22H,2-5,10-13H2,1H3. The van der Waals surface area contributed by atoms with E-state index in [9.17, 15) is 14.7 Å². The van der Waals surface area contributed by atoms with Crippen LogP contribution in [-0.4, -0.2) is 52.5 Å². The first-order valence-corrected chi connectivity index (χ1v) is 8.88. The molecule has 2 unspecified atom stereocenters. The molecule has 24 heavy (non-hydrogen) atoms. The van der Waals surface area contributed by atoms with Crippen molar-refractivity contribution in [3.05, 3.63) is 35.4 Å². The SMILES string of the molecule is CC(O)C1CCCN(C(=O)c2ccc(CN3CCCC3=O)cc2)C1. The molecule has 1 aromatic rings. The van der Waals surface area contributed by atoms with Gasteiger partial charge in [0.25, 0.3) is 5.91 Å². The van der Waals surface area contributed by atoms with Gasteiger partial charge in [-0.15, -0.1) is 0 Å². The molecule has 2 amide bonds. The zero-order valence-corrected chi connectivity index (χ0v) is 14.3. The van der Waals surface area contributed by atoms with Gasteiger partial charge < -0.3 is 14.9 Å². The van der Waals surface area contributed by atoms with E-state index >= 15 is 0 Å². The average Bonchev–Trinajstić information content (AvgIpc) is 3.00. The largest absolute Gasteiger partial charge is 0.393 e. The van der Waals surface area contributed by atoms with Gasteiger partial charge in [0, 0.05) is 44.1 Å². The Bertz CT molecular complexity index is 597. The minimum Gasteiger partial charge on any atom is -0.393 e. The Labute approximate surface area is 143 Å². The summed E-state index contributed by atoms with van der Waals surface area (Å²) in [5, 5.41) is 9.77. The van der Waals surface area contributed by atoms with Gasteiger partial charge in [0.1, 0.15) is 0 Å². The molecule has 0 spiro atoms. The molecule has 2 saturated heterocycles. The van der Waals surface area contributed by atoms with E-state index in [-0.39, 0.29) is 23.8 Å². The van der Waals surface area contributed by atoms with Crippen LogP contribution < -0.4 is 0 Å². The predicted octanol–water partition coefficient (Wildman–Crippen LogP) is 2.04. The van der Waals surface area contributed by atoms with Gasteiger partial charge in [0.15, 0.2) is 0 Å². The van der Waals surface area contributed by atoms with Crippen LogP contribution in [0.1, 0.15) is 48.5 Å². The maximum atomic E-state index is 12.7. The molecule has 2 heterocycles. The van der Waals surface area contributed by atoms with E-state index in [2.05, 4.69) is 0 Å². The first-order valence-electron chi connectivity index (χ1n) is 8.88. The molecule has 2 fully saturated rings. The molecule has 5 heteroatoms. The fraction of sp³-hybridized carbons (Fsp3) is 0.579. The Morgan fingerprint density at radius 3 is 2.62 bits per heavy atom. The number of nitrogens with zero attached hydrogens (tertiary/aromatic N) is 2. The number of hydrogen-bond acceptors (Lipinski definition) is 3. The molecule has 2 atom stereocenters. The number of rotatable bonds is 4. The molecule has 5 nitrogen and oxygen atoms in total. The van der Waals surface area contributed by atoms with E-state index in [0.717, 1.165) is 37.9 Å². The van der Waals surface area contributed by atoms with Crippen molar-refractivity contribution in [2.45, 2.75) is 45.3 Å². The maximum absolute atomic E-state index is 12.7. The lowest BCUT2D eigenvalue weighted by molar-refractivity contribution is -0.128. The minimum absolute atomic E-state index is 0.0316. The molecule has 0 bridgehead atoms. The molecule has 0 aliphatic carbocycles. The van der Waals surface area contributed by atoms with Crippen LogP contribution in [0.25, 0.3) is 0 Å². The predicted molar refractivity (Wildman–Crippen MR) is 91.4 cm³/mol. The van der Waals surface area contributed by atoms with Gasteiger partial charge in [-0.3, -0.25) is 9.59 Å². The van der Waals surface area contributed by atoms with Crippen LogP contribution in [0.4, 0.5) is 0 Å². The minimum atomic E-state index is -0.374. The second-order valence-corrected chi connectivity index (χ2v) is 7.01. The summed E-state index contributed by atoms with van der Waals surface area (Å²) in [5.74, 6) is 0.417. The molecule has 1 aromatic carbocycles. The first kappa shape index (κ1) is 17.0. The fourth-order valence-corrected chi connectivity index (χ4v) is 3.62. The Balaban J connectivity index is 1.62. The summed E-state index contributed by atoms with van der Waals surface area (Å²) in [6.45, 7) is 4.63. The van der Waals surface area contributed by atoms with E-state index in [4.69, 9.17) is 0 Å². The highest BCUT2D eigenvalue weighted by atomic mass is 16.3. The number of aliphatic hydroxyl groups is 1. The maximum Gasteiger partial charge on any atom is 0.253 e. The summed E-state index contributed by atoms with van der Waals surface area (Å²) >= 11 is 0. The van der Waals surface area contributed by atoms with Crippen LogP contribution >= 0.6 is 0 Å². The Kier molecular flexibility index (Phi) is 5.19. The highest BCUT2D eigenvalue weighted by molar-refractivity contribution is 5.94. The number of hydrogen-bond donors (Lipinski definition) is 1. The van der Waals surface area contributed by atoms with Gasteiger partial charge in [-0.25, -0.2) is 0 Å². The normalized spacial score (nSPS) is 22.8. The number of amides is 2. The highest BCUT2D eigenvalue weighted by Gasteiger charge is 2.27. The van der Waals surface area contributed by atoms with Crippen LogP contribution in [-0.2, 0) is 11.3 Å². The van der Waals surface area contributed by atoms with E-state index in [1.807, 2.05) is 34.1 Å². The third kappa shape index (κ3) is 3.78. The van der Waals surface area contributed by atoms with Gasteiger partial charge in [-0.1, -0.05) is 12.1 Å². The second-order valence-electron chi connectivity index (χ2n) is 7.01. The zero-order valence-electron chi connectivity index (χ0n) is 14.3. The molecule has 3 rings (SSSR count). The fourth-order valence-electron chi connectivity index (χ4n) is 3.62. The third-order valence-electron chi connectivity index (χ3n) is 5.17. The Hall–Kier alpha value is -1.88. The quantitative estimate of drug-likeness (QED) is 0.919. The van der Waals surface area contributed by atoms with Crippen molar-refractivity contribution in [2.24, 2.45) is 5.92 Å². The van der Waals surface area contributed by atoms with E-state index in [0.29, 0.717) is 25.1 Å². The average molecular weight is 330 g/mol. The van der Waals surface area contributed by atoms with Gasteiger partial charge in [-0.05, 0) is 43.9 Å². The summed E-state index contributed by atoms with van der Waals surface area (Å²) in [4.78, 5) is 28.1. The molecular weight excluding hydrogens is 304 g/mol. The number of piperidine rings is 1. The molecule has 2 aliphatic heterocycles. The van der Waals surface area contributed by atoms with E-state index < -0.39 is 0 Å². The molecule has 2 aliphatic rings. The molecule has 1 N–H and O–H groups in total. The van der Waals surface area contributed by atoms with Crippen molar-refractivity contribution in [2.75, 3.05) is 19.6 Å². The van der Waals surface area contributed by atoms with Crippen molar-refractivity contribution in [1.82, 2.24) is 9.80 Å². The molecule has 0 aromatic heterocycles. The number of carbonyl (C=O) groups excluding carboxylic acids is 2. The lowest BCUT2D eigenvalue weighted by Crippen LogP contribution is -2.42. The van der Waals surface area contributed by atoms with Gasteiger partial charge >= 0.3 is 0 Å². The lowest BCUT2D eigenvalue weighted by Gasteiger charge is -2.34. The Morgan fingerprint density at radius 2 is 2.00 bits per heavy atom. The number of carbonyl (C=O) groups is 2. The van der Waals surface area contributed by atoms with Crippen LogP contribution in [0.15, 0.2) is 24.3 Å². The van der Waals surface area contributed by atoms with Crippen molar-refractivity contribution in [1.29, 1.82) is 0 Å². The molecule has 0 saturated carbocycles. The zero-order chi connectivity index (χ0) is 17.1. The molecule has 130 valence electrons. The van der Waals surface area contributed by atoms with Crippen LogP contribution in [0.3, 0.4) is 0 Å². The number of aliphatic hydroxyl groups excluding tert-OH is 1. The summed E-state index contributed by atoms with van der Waals surface area (Å²) in [6.07, 6.45) is 3.13. The molecule has 0 radical (unpaired) electrons. The van der Waals surface area contributed by atoms with Gasteiger partial charge in [0.2, 0.25) is 5.91 Å². The smallest absolute Gasteiger partial charge is 0.253 e. The highest BCUT2D eigenvalue weighted by Crippen LogP contribution is 2.22. The van der Waals surface area contributed by atoms with Crippen molar-refractivity contribution in [3.8, 4) is 0 Å². The van der Waals surface area contributed by atoms with Gasteiger partial charge in [-0.2, -0.15) is 0 Å². The summed E-state index contributed by atoms with van der Waals surface area (Å²) < 4.78 is 0. The third-order valence-corrected chi connectivity index (χ3v) is 5.17. The Morgan fingerprint density at radius 1 is 1.25 bits per heavy atom. The van der Waals surface area contributed by atoms with Gasteiger partial charge in [0.05, 0.1) is 6.10 Å². The van der Waals surface area contributed by atoms with Crippen molar-refractivity contribution >= 4 is 11.8 Å². The first-order chi connectivity index (χ1) is 11.5. The van der Waals surface area contributed by atoms with E-state index in [1.54, 1.807) is 6.92 Å². The summed E-state index contributed by atoms with van der Waals surface area (Å²) in [7, 11) is 0. The topological polar surface area (TPSA) is 60.9 Å². The second kappa shape index (κ2) is 7.34. The lowest BCUT2D eigenvalue weighted by atomic mass is 9.93. The number of benzene rings is 1. The van der Waals surface area contributed by atoms with E-state index in [1.165, 1.54) is 0 Å². The summed E-state index contributed by atoms with van der Waals surface area (Å²) in [5.41, 5.74) is 1.74. The van der Waals surface area contributed by atoms with Crippen molar-refractivity contribution < 1.29 is 14.7 Å². The summed E-state index contributed by atoms with van der Waals surface area (Å²) in [6, 6.07) is 7.58. The van der Waals surface area contributed by atoms with Crippen LogP contribution in [0, 0.1) is 5.92 Å². The molecular formula is C19H26N2O3. The number of likely N-dealkylation sites (tertiary alicyclic amines) is 2. The van der Waals surface area contributed by atoms with Crippen molar-refractivity contribution in [3.63, 3.8) is 0 Å². The monoisotopic (exact) mass is 330 g/mol. The van der Waals surface area contributed by atoms with Crippen LogP contribution in [0.5, 0.6) is 0 Å². The van der Waals surface area contributed by atoms with Crippen LogP contribution in [0.2, 0.25) is 0 Å².